The molecule has 0 aromatic carbocycles. The fourth-order valence-corrected chi connectivity index (χ4v) is 5.24. The second-order valence-electron chi connectivity index (χ2n) is 9.68. The molecular formula is C22H32N6O. The first kappa shape index (κ1) is 18.9. The molecule has 1 spiro atoms. The van der Waals surface area contributed by atoms with Crippen molar-refractivity contribution in [3.8, 4) is 0 Å². The molecule has 2 aromatic heterocycles. The number of rotatable bonds is 6. The largest absolute Gasteiger partial charge is 0.342 e. The lowest BCUT2D eigenvalue weighted by atomic mass is 9.75. The second-order valence-corrected chi connectivity index (χ2v) is 9.68. The number of carbonyl (C=O) groups is 1. The number of nitrogens with zero attached hydrogens (tertiary/aromatic N) is 6. The Labute approximate surface area is 172 Å². The van der Waals surface area contributed by atoms with Crippen LogP contribution in [-0.2, 0) is 18.4 Å². The Balaban J connectivity index is 1.43. The number of hydrogen-bond acceptors (Lipinski definition) is 4. The van der Waals surface area contributed by atoms with Crippen molar-refractivity contribution in [1.82, 2.24) is 29.1 Å². The van der Waals surface area contributed by atoms with Gasteiger partial charge in [0, 0.05) is 69.7 Å². The van der Waals surface area contributed by atoms with E-state index in [9.17, 15) is 4.79 Å². The van der Waals surface area contributed by atoms with E-state index in [0.29, 0.717) is 11.9 Å². The summed E-state index contributed by atoms with van der Waals surface area (Å²) in [6.07, 6.45) is 11.6. The van der Waals surface area contributed by atoms with Gasteiger partial charge < -0.3 is 9.47 Å². The van der Waals surface area contributed by atoms with Gasteiger partial charge in [0.05, 0.1) is 23.6 Å². The minimum absolute atomic E-state index is 0.163. The first-order valence-electron chi connectivity index (χ1n) is 11.0. The summed E-state index contributed by atoms with van der Waals surface area (Å²) < 4.78 is 4.01. The van der Waals surface area contributed by atoms with Crippen LogP contribution >= 0.6 is 0 Å². The quantitative estimate of drug-likeness (QED) is 0.752. The van der Waals surface area contributed by atoms with E-state index in [1.807, 2.05) is 24.3 Å². The van der Waals surface area contributed by atoms with Crippen LogP contribution < -0.4 is 0 Å². The maximum atomic E-state index is 13.7. The lowest BCUT2D eigenvalue weighted by Crippen LogP contribution is -2.40. The van der Waals surface area contributed by atoms with Crippen LogP contribution in [0, 0.1) is 11.3 Å². The molecule has 2 saturated heterocycles. The Kier molecular flexibility index (Phi) is 4.53. The van der Waals surface area contributed by atoms with Gasteiger partial charge in [0.15, 0.2) is 0 Å². The highest BCUT2D eigenvalue weighted by Crippen LogP contribution is 2.50. The van der Waals surface area contributed by atoms with E-state index in [4.69, 9.17) is 4.98 Å². The third kappa shape index (κ3) is 3.39. The van der Waals surface area contributed by atoms with Crippen LogP contribution in [-0.4, -0.2) is 61.2 Å². The van der Waals surface area contributed by atoms with Crippen molar-refractivity contribution in [1.29, 1.82) is 0 Å². The van der Waals surface area contributed by atoms with Gasteiger partial charge in [-0.05, 0) is 39.0 Å². The standard InChI is InChI=1S/C22H32N6O/c1-16(2)28-13-20(23-15-28)19-12-26(10-18-8-24-25(3)9-18)14-22(19)6-7-27(21(22)29)11-17-4-5-17/h8-9,13,15-17,19H,4-7,10-12,14H2,1-3H3/t19-,22-/m0/s1. The normalized spacial score (nSPS) is 27.8. The molecule has 5 rings (SSSR count). The highest BCUT2D eigenvalue weighted by Gasteiger charge is 2.58. The van der Waals surface area contributed by atoms with Crippen molar-refractivity contribution < 1.29 is 4.79 Å². The van der Waals surface area contributed by atoms with E-state index in [1.54, 1.807) is 0 Å². The number of aromatic nitrogens is 4. The maximum Gasteiger partial charge on any atom is 0.230 e. The second kappa shape index (κ2) is 6.97. The Bertz CT molecular complexity index is 897. The molecule has 2 aliphatic heterocycles. The average molecular weight is 397 g/mol. The van der Waals surface area contributed by atoms with Crippen molar-refractivity contribution in [2.45, 2.75) is 51.6 Å². The number of aryl methyl sites for hydroxylation is 1. The number of amides is 1. The predicted molar refractivity (Wildman–Crippen MR) is 110 cm³/mol. The fraction of sp³-hybridized carbons (Fsp3) is 0.682. The number of likely N-dealkylation sites (tertiary alicyclic amines) is 2. The molecule has 29 heavy (non-hydrogen) atoms. The van der Waals surface area contributed by atoms with Crippen molar-refractivity contribution in [3.05, 3.63) is 36.2 Å². The van der Waals surface area contributed by atoms with Crippen molar-refractivity contribution >= 4 is 5.91 Å². The summed E-state index contributed by atoms with van der Waals surface area (Å²) in [6.45, 7) is 8.74. The first-order valence-corrected chi connectivity index (χ1v) is 11.0. The van der Waals surface area contributed by atoms with Crippen molar-refractivity contribution in [3.63, 3.8) is 0 Å². The average Bonchev–Trinajstić information content (AvgIpc) is 3.02. The van der Waals surface area contributed by atoms with Crippen LogP contribution in [0.15, 0.2) is 24.9 Å². The van der Waals surface area contributed by atoms with Gasteiger partial charge in [-0.3, -0.25) is 14.4 Å². The molecule has 4 heterocycles. The van der Waals surface area contributed by atoms with Crippen LogP contribution in [0.3, 0.4) is 0 Å². The van der Waals surface area contributed by atoms with Gasteiger partial charge in [-0.1, -0.05) is 0 Å². The molecule has 3 fully saturated rings. The van der Waals surface area contributed by atoms with Gasteiger partial charge in [0.2, 0.25) is 5.91 Å². The minimum Gasteiger partial charge on any atom is -0.342 e. The van der Waals surface area contributed by atoms with E-state index in [-0.39, 0.29) is 11.3 Å². The maximum absolute atomic E-state index is 13.7. The van der Waals surface area contributed by atoms with Crippen LogP contribution in [0.25, 0.3) is 0 Å². The molecular weight excluding hydrogens is 364 g/mol. The molecule has 1 amide bonds. The highest BCUT2D eigenvalue weighted by atomic mass is 16.2. The minimum atomic E-state index is -0.326. The molecule has 7 nitrogen and oxygen atoms in total. The lowest BCUT2D eigenvalue weighted by molar-refractivity contribution is -0.136. The molecule has 1 aliphatic carbocycles. The molecule has 2 aromatic rings. The van der Waals surface area contributed by atoms with Gasteiger partial charge in [0.25, 0.3) is 0 Å². The van der Waals surface area contributed by atoms with Crippen molar-refractivity contribution in [2.75, 3.05) is 26.2 Å². The summed E-state index contributed by atoms with van der Waals surface area (Å²) in [5.41, 5.74) is 1.96. The lowest BCUT2D eigenvalue weighted by Gasteiger charge is -2.28. The Morgan fingerprint density at radius 1 is 1.28 bits per heavy atom. The molecule has 0 radical (unpaired) electrons. The first-order chi connectivity index (χ1) is 13.9. The molecule has 1 saturated carbocycles. The zero-order chi connectivity index (χ0) is 20.2. The topological polar surface area (TPSA) is 59.2 Å². The fourth-order valence-electron chi connectivity index (χ4n) is 5.24. The monoisotopic (exact) mass is 396 g/mol. The summed E-state index contributed by atoms with van der Waals surface area (Å²) in [5, 5.41) is 4.31. The highest BCUT2D eigenvalue weighted by molar-refractivity contribution is 5.86. The predicted octanol–water partition coefficient (Wildman–Crippen LogP) is 2.43. The third-order valence-corrected chi connectivity index (χ3v) is 7.07. The molecule has 3 aliphatic rings. The molecule has 0 bridgehead atoms. The van der Waals surface area contributed by atoms with Gasteiger partial charge in [-0.15, -0.1) is 0 Å². The van der Waals surface area contributed by atoms with Crippen LogP contribution in [0.1, 0.15) is 56.3 Å². The van der Waals surface area contributed by atoms with Crippen LogP contribution in [0.5, 0.6) is 0 Å². The van der Waals surface area contributed by atoms with E-state index < -0.39 is 0 Å². The Morgan fingerprint density at radius 2 is 2.10 bits per heavy atom. The summed E-state index contributed by atoms with van der Waals surface area (Å²) in [5.74, 6) is 1.26. The number of hydrogen-bond donors (Lipinski definition) is 0. The Morgan fingerprint density at radius 3 is 2.76 bits per heavy atom. The van der Waals surface area contributed by atoms with Crippen LogP contribution in [0.2, 0.25) is 0 Å². The summed E-state index contributed by atoms with van der Waals surface area (Å²) in [4.78, 5) is 23.0. The van der Waals surface area contributed by atoms with Gasteiger partial charge >= 0.3 is 0 Å². The van der Waals surface area contributed by atoms with E-state index in [1.165, 1.54) is 18.4 Å². The van der Waals surface area contributed by atoms with Gasteiger partial charge in [0.1, 0.15) is 0 Å². The zero-order valence-electron chi connectivity index (χ0n) is 17.8. The summed E-state index contributed by atoms with van der Waals surface area (Å²) in [7, 11) is 1.95. The molecule has 0 N–H and O–H groups in total. The van der Waals surface area contributed by atoms with Gasteiger partial charge in [-0.25, -0.2) is 4.98 Å². The van der Waals surface area contributed by atoms with Crippen LogP contribution in [0.4, 0.5) is 0 Å². The zero-order valence-corrected chi connectivity index (χ0v) is 17.8. The van der Waals surface area contributed by atoms with Gasteiger partial charge in [-0.2, -0.15) is 5.10 Å². The molecule has 7 heteroatoms. The number of carbonyl (C=O) groups excluding carboxylic acids is 1. The Hall–Kier alpha value is -2.15. The van der Waals surface area contributed by atoms with E-state index in [0.717, 1.165) is 50.8 Å². The molecule has 2 atom stereocenters. The molecule has 156 valence electrons. The SMILES string of the molecule is CC(C)n1cnc([C@@H]2CN(Cc3cnn(C)c3)C[C@@]23CCN(CC2CC2)C3=O)c1. The molecule has 0 unspecified atom stereocenters. The number of imidazole rings is 1. The van der Waals surface area contributed by atoms with E-state index >= 15 is 0 Å². The van der Waals surface area contributed by atoms with Crippen molar-refractivity contribution in [2.24, 2.45) is 18.4 Å². The summed E-state index contributed by atoms with van der Waals surface area (Å²) >= 11 is 0. The third-order valence-electron chi connectivity index (χ3n) is 7.07. The van der Waals surface area contributed by atoms with E-state index in [2.05, 4.69) is 45.7 Å². The summed E-state index contributed by atoms with van der Waals surface area (Å²) in [6, 6.07) is 0.380. The smallest absolute Gasteiger partial charge is 0.230 e.